The van der Waals surface area contributed by atoms with Gasteiger partial charge in [0.15, 0.2) is 0 Å². The number of rotatable bonds is 3. The molecule has 0 aliphatic carbocycles. The van der Waals surface area contributed by atoms with E-state index in [1.165, 1.54) is 4.68 Å². The van der Waals surface area contributed by atoms with E-state index < -0.39 is 5.24 Å². The van der Waals surface area contributed by atoms with Crippen LogP contribution in [-0.4, -0.2) is 15.0 Å². The highest BCUT2D eigenvalue weighted by molar-refractivity contribution is 6.63. The van der Waals surface area contributed by atoms with Crippen molar-refractivity contribution in [1.82, 2.24) is 9.78 Å². The molecule has 0 unspecified atom stereocenters. The summed E-state index contributed by atoms with van der Waals surface area (Å²) in [5.41, 5.74) is 2.05. The third-order valence-electron chi connectivity index (χ3n) is 2.03. The minimum Gasteiger partial charge on any atom is -0.279 e. The molecule has 0 amide bonds. The molecule has 3 nitrogen and oxygen atoms in total. The van der Waals surface area contributed by atoms with Crippen molar-refractivity contribution in [3.63, 3.8) is 0 Å². The molecule has 76 valence electrons. The Bertz CT molecular complexity index is 464. The number of benzene rings is 1. The largest absolute Gasteiger partial charge is 0.279 e. The van der Waals surface area contributed by atoms with Crippen molar-refractivity contribution in [1.29, 1.82) is 0 Å². The van der Waals surface area contributed by atoms with Gasteiger partial charge >= 0.3 is 0 Å². The van der Waals surface area contributed by atoms with E-state index in [2.05, 4.69) is 5.10 Å². The Morgan fingerprint density at radius 3 is 2.67 bits per heavy atom. The van der Waals surface area contributed by atoms with E-state index in [0.29, 0.717) is 0 Å². The first-order valence-electron chi connectivity index (χ1n) is 4.52. The van der Waals surface area contributed by atoms with Gasteiger partial charge in [0.1, 0.15) is 6.54 Å². The van der Waals surface area contributed by atoms with Crippen molar-refractivity contribution < 1.29 is 4.79 Å². The van der Waals surface area contributed by atoms with Crippen LogP contribution in [0.15, 0.2) is 42.7 Å². The highest BCUT2D eigenvalue weighted by Gasteiger charge is 2.03. The van der Waals surface area contributed by atoms with Crippen molar-refractivity contribution in [2.75, 3.05) is 0 Å². The van der Waals surface area contributed by atoms with Gasteiger partial charge in [-0.3, -0.25) is 9.48 Å². The lowest BCUT2D eigenvalue weighted by Gasteiger charge is -1.95. The Kier molecular flexibility index (Phi) is 2.83. The summed E-state index contributed by atoms with van der Waals surface area (Å²) < 4.78 is 1.53. The molecule has 2 aromatic rings. The molecule has 0 atom stereocenters. The molecule has 0 saturated heterocycles. The van der Waals surface area contributed by atoms with Gasteiger partial charge in [-0.25, -0.2) is 0 Å². The van der Waals surface area contributed by atoms with Crippen LogP contribution in [0.2, 0.25) is 0 Å². The Morgan fingerprint density at radius 2 is 2.00 bits per heavy atom. The second kappa shape index (κ2) is 4.28. The summed E-state index contributed by atoms with van der Waals surface area (Å²) in [6.07, 6.45) is 3.52. The van der Waals surface area contributed by atoms with Crippen LogP contribution in [0, 0.1) is 0 Å². The van der Waals surface area contributed by atoms with Crippen LogP contribution >= 0.6 is 11.6 Å². The van der Waals surface area contributed by atoms with Gasteiger partial charge in [-0.1, -0.05) is 30.3 Å². The van der Waals surface area contributed by atoms with Crippen molar-refractivity contribution in [2.45, 2.75) is 6.54 Å². The van der Waals surface area contributed by atoms with Crippen molar-refractivity contribution in [3.8, 4) is 11.1 Å². The summed E-state index contributed by atoms with van der Waals surface area (Å²) in [5, 5.41) is 3.63. The predicted molar refractivity (Wildman–Crippen MR) is 58.5 cm³/mol. The van der Waals surface area contributed by atoms with Crippen LogP contribution in [0.4, 0.5) is 0 Å². The smallest absolute Gasteiger partial charge is 0.243 e. The molecular formula is C11H9ClN2O. The summed E-state index contributed by atoms with van der Waals surface area (Å²) >= 11 is 5.27. The molecule has 0 N–H and O–H groups in total. The highest BCUT2D eigenvalue weighted by atomic mass is 35.5. The van der Waals surface area contributed by atoms with Gasteiger partial charge in [-0.15, -0.1) is 0 Å². The summed E-state index contributed by atoms with van der Waals surface area (Å²) in [5.74, 6) is 0. The van der Waals surface area contributed by atoms with Gasteiger partial charge in [0.05, 0.1) is 6.20 Å². The first-order chi connectivity index (χ1) is 7.25. The Labute approximate surface area is 92.3 Å². The normalized spacial score (nSPS) is 10.2. The third kappa shape index (κ3) is 2.44. The van der Waals surface area contributed by atoms with E-state index in [4.69, 9.17) is 11.6 Å². The van der Waals surface area contributed by atoms with Crippen LogP contribution in [0.25, 0.3) is 11.1 Å². The van der Waals surface area contributed by atoms with Crippen LogP contribution in [0.1, 0.15) is 0 Å². The number of aromatic nitrogens is 2. The van der Waals surface area contributed by atoms with E-state index in [1.807, 2.05) is 30.3 Å². The third-order valence-corrected chi connectivity index (χ3v) is 2.15. The van der Waals surface area contributed by atoms with Gasteiger partial charge in [0.25, 0.3) is 0 Å². The van der Waals surface area contributed by atoms with Gasteiger partial charge in [0, 0.05) is 11.8 Å². The summed E-state index contributed by atoms with van der Waals surface area (Å²) in [4.78, 5) is 10.7. The second-order valence-electron chi connectivity index (χ2n) is 3.15. The molecule has 15 heavy (non-hydrogen) atoms. The molecule has 2 rings (SSSR count). The maximum atomic E-state index is 10.7. The minimum absolute atomic E-state index is 0.106. The van der Waals surface area contributed by atoms with Gasteiger partial charge < -0.3 is 0 Å². The second-order valence-corrected chi connectivity index (χ2v) is 3.57. The fraction of sp³-hybridized carbons (Fsp3) is 0.0909. The average Bonchev–Trinajstić information content (AvgIpc) is 2.67. The minimum atomic E-state index is -0.419. The van der Waals surface area contributed by atoms with Crippen molar-refractivity contribution >= 4 is 16.8 Å². The molecular weight excluding hydrogens is 212 g/mol. The molecule has 0 spiro atoms. The molecule has 0 saturated carbocycles. The quantitative estimate of drug-likeness (QED) is 0.744. The predicted octanol–water partition coefficient (Wildman–Crippen LogP) is 2.32. The van der Waals surface area contributed by atoms with E-state index in [1.54, 1.807) is 12.4 Å². The molecule has 0 fully saturated rings. The average molecular weight is 221 g/mol. The van der Waals surface area contributed by atoms with Gasteiger partial charge in [-0.2, -0.15) is 5.10 Å². The van der Waals surface area contributed by atoms with E-state index >= 15 is 0 Å². The molecule has 1 heterocycles. The molecule has 1 aromatic heterocycles. The van der Waals surface area contributed by atoms with Crippen LogP contribution in [0.3, 0.4) is 0 Å². The first kappa shape index (κ1) is 9.93. The molecule has 0 bridgehead atoms. The number of carbonyl (C=O) groups excluding carboxylic acids is 1. The maximum Gasteiger partial charge on any atom is 0.243 e. The van der Waals surface area contributed by atoms with Gasteiger partial charge in [-0.05, 0) is 17.2 Å². The lowest BCUT2D eigenvalue weighted by atomic mass is 10.1. The van der Waals surface area contributed by atoms with E-state index in [0.717, 1.165) is 11.1 Å². The summed E-state index contributed by atoms with van der Waals surface area (Å²) in [7, 11) is 0. The zero-order valence-electron chi connectivity index (χ0n) is 7.93. The fourth-order valence-corrected chi connectivity index (χ4v) is 1.48. The molecule has 0 radical (unpaired) electrons. The highest BCUT2D eigenvalue weighted by Crippen LogP contribution is 2.17. The van der Waals surface area contributed by atoms with E-state index in [9.17, 15) is 4.79 Å². The molecule has 0 aliphatic heterocycles. The summed E-state index contributed by atoms with van der Waals surface area (Å²) in [6.45, 7) is 0.106. The number of halogens is 1. The molecule has 1 aromatic carbocycles. The van der Waals surface area contributed by atoms with Crippen molar-refractivity contribution in [2.24, 2.45) is 0 Å². The fourth-order valence-electron chi connectivity index (χ4n) is 1.36. The Balaban J connectivity index is 2.24. The standard InChI is InChI=1S/C11H9ClN2O/c12-11(15)8-14-7-10(6-13-14)9-4-2-1-3-5-9/h1-7H,8H2. The topological polar surface area (TPSA) is 34.9 Å². The first-order valence-corrected chi connectivity index (χ1v) is 4.90. The lowest BCUT2D eigenvalue weighted by Crippen LogP contribution is -2.03. The molecule has 4 heteroatoms. The van der Waals surface area contributed by atoms with E-state index in [-0.39, 0.29) is 6.54 Å². The van der Waals surface area contributed by atoms with Crippen molar-refractivity contribution in [3.05, 3.63) is 42.7 Å². The number of nitrogens with zero attached hydrogens (tertiary/aromatic N) is 2. The maximum absolute atomic E-state index is 10.7. The lowest BCUT2D eigenvalue weighted by molar-refractivity contribution is -0.112. The monoisotopic (exact) mass is 220 g/mol. The van der Waals surface area contributed by atoms with Crippen LogP contribution in [0.5, 0.6) is 0 Å². The number of hydrogen-bond acceptors (Lipinski definition) is 2. The Morgan fingerprint density at radius 1 is 1.27 bits per heavy atom. The van der Waals surface area contributed by atoms with Crippen LogP contribution < -0.4 is 0 Å². The molecule has 0 aliphatic rings. The number of carbonyl (C=O) groups is 1. The van der Waals surface area contributed by atoms with Crippen LogP contribution in [-0.2, 0) is 11.3 Å². The zero-order valence-corrected chi connectivity index (χ0v) is 8.69. The zero-order chi connectivity index (χ0) is 10.7. The Hall–Kier alpha value is -1.61. The summed E-state index contributed by atoms with van der Waals surface area (Å²) in [6, 6.07) is 9.85. The number of hydrogen-bond donors (Lipinski definition) is 0. The van der Waals surface area contributed by atoms with Gasteiger partial charge in [0.2, 0.25) is 5.24 Å². The SMILES string of the molecule is O=C(Cl)Cn1cc(-c2ccccc2)cn1.